The predicted octanol–water partition coefficient (Wildman–Crippen LogP) is 3.49. The normalized spacial score (nSPS) is 19.1. The van der Waals surface area contributed by atoms with E-state index in [0.29, 0.717) is 30.7 Å². The standard InChI is InChI=1S/C23H22F2N2O3/c24-19-5-1-15(11-20(19)25)2-6-23(29)27-10-8-22(21(28)14-27)30-18-4-3-16-7-9-26-13-17(16)12-18/h1,3-5,7,9,11-13,21-22,28H,2,6,8,10,14H2/t21-,22-/m1/s1. The topological polar surface area (TPSA) is 62.7 Å². The van der Waals surface area contributed by atoms with Crippen LogP contribution in [0.3, 0.4) is 0 Å². The molecule has 0 saturated carbocycles. The van der Waals surface area contributed by atoms with Crippen molar-refractivity contribution in [1.82, 2.24) is 9.88 Å². The number of β-amino-alcohol motifs (C(OH)–C–C–N with tert-alkyl or cyclic N) is 1. The molecule has 3 aromatic rings. The molecule has 4 rings (SSSR count). The van der Waals surface area contributed by atoms with Crippen LogP contribution in [0.5, 0.6) is 5.75 Å². The molecule has 1 N–H and O–H groups in total. The Morgan fingerprint density at radius 1 is 1.13 bits per heavy atom. The van der Waals surface area contributed by atoms with E-state index in [1.807, 2.05) is 24.3 Å². The minimum Gasteiger partial charge on any atom is -0.488 e. The number of fused-ring (bicyclic) bond motifs is 1. The van der Waals surface area contributed by atoms with Gasteiger partial charge in [-0.1, -0.05) is 12.1 Å². The molecule has 0 bridgehead atoms. The van der Waals surface area contributed by atoms with E-state index in [0.717, 1.165) is 22.9 Å². The molecule has 156 valence electrons. The first kappa shape index (κ1) is 20.2. The Balaban J connectivity index is 1.31. The molecule has 1 saturated heterocycles. The molecule has 0 spiro atoms. The van der Waals surface area contributed by atoms with Crippen LogP contribution in [0.4, 0.5) is 8.78 Å². The van der Waals surface area contributed by atoms with Crippen LogP contribution < -0.4 is 4.74 Å². The minimum absolute atomic E-state index is 0.131. The van der Waals surface area contributed by atoms with Gasteiger partial charge in [-0.3, -0.25) is 9.78 Å². The van der Waals surface area contributed by atoms with E-state index in [-0.39, 0.29) is 18.9 Å². The van der Waals surface area contributed by atoms with Gasteiger partial charge in [-0.2, -0.15) is 0 Å². The quantitative estimate of drug-likeness (QED) is 0.697. The van der Waals surface area contributed by atoms with Crippen molar-refractivity contribution in [2.75, 3.05) is 13.1 Å². The van der Waals surface area contributed by atoms with E-state index < -0.39 is 23.8 Å². The number of piperidine rings is 1. The first-order chi connectivity index (χ1) is 14.5. The second-order valence-corrected chi connectivity index (χ2v) is 7.49. The van der Waals surface area contributed by atoms with Gasteiger partial charge in [0.05, 0.1) is 6.54 Å². The molecule has 0 unspecified atom stereocenters. The summed E-state index contributed by atoms with van der Waals surface area (Å²) < 4.78 is 32.3. The van der Waals surface area contributed by atoms with Crippen molar-refractivity contribution < 1.29 is 23.4 Å². The molecule has 2 atom stereocenters. The summed E-state index contributed by atoms with van der Waals surface area (Å²) in [5.41, 5.74) is 0.562. The Morgan fingerprint density at radius 3 is 2.80 bits per heavy atom. The number of pyridine rings is 1. The number of aliphatic hydroxyl groups is 1. The summed E-state index contributed by atoms with van der Waals surface area (Å²) in [6.07, 6.45) is 3.25. The zero-order valence-corrected chi connectivity index (χ0v) is 16.3. The van der Waals surface area contributed by atoms with Gasteiger partial charge in [0.15, 0.2) is 11.6 Å². The molecule has 1 aliphatic rings. The fourth-order valence-corrected chi connectivity index (χ4v) is 3.69. The number of nitrogens with zero attached hydrogens (tertiary/aromatic N) is 2. The Hall–Kier alpha value is -3.06. The number of rotatable bonds is 5. The lowest BCUT2D eigenvalue weighted by Gasteiger charge is -2.36. The zero-order chi connectivity index (χ0) is 21.1. The summed E-state index contributed by atoms with van der Waals surface area (Å²) in [4.78, 5) is 18.2. The van der Waals surface area contributed by atoms with Gasteiger partial charge in [-0.15, -0.1) is 0 Å². The highest BCUT2D eigenvalue weighted by Crippen LogP contribution is 2.24. The average molecular weight is 412 g/mol. The van der Waals surface area contributed by atoms with Crippen molar-refractivity contribution >= 4 is 16.7 Å². The molecule has 2 aromatic carbocycles. The van der Waals surface area contributed by atoms with Crippen LogP contribution in [0.1, 0.15) is 18.4 Å². The van der Waals surface area contributed by atoms with Crippen LogP contribution >= 0.6 is 0 Å². The Morgan fingerprint density at radius 2 is 2.00 bits per heavy atom. The molecule has 2 heterocycles. The van der Waals surface area contributed by atoms with Crippen LogP contribution in [0.2, 0.25) is 0 Å². The van der Waals surface area contributed by atoms with Crippen LogP contribution in [-0.4, -0.2) is 46.2 Å². The van der Waals surface area contributed by atoms with Gasteiger partial charge in [0.2, 0.25) is 5.91 Å². The van der Waals surface area contributed by atoms with Gasteiger partial charge in [-0.05, 0) is 47.7 Å². The molecule has 1 aromatic heterocycles. The van der Waals surface area contributed by atoms with Crippen LogP contribution in [0, 0.1) is 11.6 Å². The van der Waals surface area contributed by atoms with Crippen molar-refractivity contribution in [3.63, 3.8) is 0 Å². The number of likely N-dealkylation sites (tertiary alicyclic amines) is 1. The zero-order valence-electron chi connectivity index (χ0n) is 16.3. The van der Waals surface area contributed by atoms with Gasteiger partial charge in [0, 0.05) is 37.2 Å². The third kappa shape index (κ3) is 4.57. The lowest BCUT2D eigenvalue weighted by atomic mass is 10.0. The van der Waals surface area contributed by atoms with Gasteiger partial charge in [-0.25, -0.2) is 8.78 Å². The van der Waals surface area contributed by atoms with E-state index in [2.05, 4.69) is 4.98 Å². The largest absolute Gasteiger partial charge is 0.488 e. The number of aliphatic hydroxyl groups excluding tert-OH is 1. The molecule has 1 amide bonds. The predicted molar refractivity (Wildman–Crippen MR) is 108 cm³/mol. The highest BCUT2D eigenvalue weighted by atomic mass is 19.2. The van der Waals surface area contributed by atoms with Crippen LogP contribution in [0.15, 0.2) is 54.9 Å². The Kier molecular flexibility index (Phi) is 5.90. The molecule has 7 heteroatoms. The van der Waals surface area contributed by atoms with Crippen molar-refractivity contribution in [1.29, 1.82) is 0 Å². The van der Waals surface area contributed by atoms with Crippen molar-refractivity contribution in [2.45, 2.75) is 31.5 Å². The summed E-state index contributed by atoms with van der Waals surface area (Å²) in [6, 6.07) is 11.2. The van der Waals surface area contributed by atoms with E-state index in [9.17, 15) is 18.7 Å². The van der Waals surface area contributed by atoms with Gasteiger partial charge in [0.1, 0.15) is 18.0 Å². The summed E-state index contributed by atoms with van der Waals surface area (Å²) >= 11 is 0. The third-order valence-corrected chi connectivity index (χ3v) is 5.38. The second kappa shape index (κ2) is 8.75. The van der Waals surface area contributed by atoms with Crippen molar-refractivity contribution in [2.24, 2.45) is 0 Å². The van der Waals surface area contributed by atoms with E-state index in [1.165, 1.54) is 6.07 Å². The fraction of sp³-hybridized carbons (Fsp3) is 0.304. The van der Waals surface area contributed by atoms with Crippen LogP contribution in [-0.2, 0) is 11.2 Å². The monoisotopic (exact) mass is 412 g/mol. The van der Waals surface area contributed by atoms with E-state index >= 15 is 0 Å². The second-order valence-electron chi connectivity index (χ2n) is 7.49. The first-order valence-corrected chi connectivity index (χ1v) is 9.90. The lowest BCUT2D eigenvalue weighted by molar-refractivity contribution is -0.137. The van der Waals surface area contributed by atoms with Crippen molar-refractivity contribution in [3.05, 3.63) is 72.1 Å². The number of carbonyl (C=O) groups excluding carboxylic acids is 1. The number of benzene rings is 2. The van der Waals surface area contributed by atoms with Gasteiger partial charge < -0.3 is 14.7 Å². The number of hydrogen-bond donors (Lipinski definition) is 1. The maximum absolute atomic E-state index is 13.3. The number of ether oxygens (including phenoxy) is 1. The summed E-state index contributed by atoms with van der Waals surface area (Å²) in [5, 5.41) is 12.5. The fourth-order valence-electron chi connectivity index (χ4n) is 3.69. The molecule has 0 radical (unpaired) electrons. The number of aromatic nitrogens is 1. The molecule has 30 heavy (non-hydrogen) atoms. The Labute approximate surface area is 172 Å². The number of hydrogen-bond acceptors (Lipinski definition) is 4. The highest BCUT2D eigenvalue weighted by Gasteiger charge is 2.31. The smallest absolute Gasteiger partial charge is 0.222 e. The lowest BCUT2D eigenvalue weighted by Crippen LogP contribution is -2.51. The average Bonchev–Trinajstić information content (AvgIpc) is 2.75. The maximum Gasteiger partial charge on any atom is 0.222 e. The van der Waals surface area contributed by atoms with Gasteiger partial charge >= 0.3 is 0 Å². The number of carbonyl (C=O) groups is 1. The molecular weight excluding hydrogens is 390 g/mol. The summed E-state index contributed by atoms with van der Waals surface area (Å²) in [6.45, 7) is 0.643. The number of aryl methyl sites for hydroxylation is 1. The molecule has 1 fully saturated rings. The summed E-state index contributed by atoms with van der Waals surface area (Å²) in [7, 11) is 0. The van der Waals surface area contributed by atoms with E-state index in [1.54, 1.807) is 17.3 Å². The SMILES string of the molecule is O=C(CCc1ccc(F)c(F)c1)N1CC[C@@H](Oc2ccc3ccncc3c2)[C@H](O)C1. The van der Waals surface area contributed by atoms with Crippen molar-refractivity contribution in [3.8, 4) is 5.75 Å². The third-order valence-electron chi connectivity index (χ3n) is 5.38. The Bertz CT molecular complexity index is 1060. The minimum atomic E-state index is -0.919. The van der Waals surface area contributed by atoms with Gasteiger partial charge in [0.25, 0.3) is 0 Å². The van der Waals surface area contributed by atoms with E-state index in [4.69, 9.17) is 4.74 Å². The summed E-state index contributed by atoms with van der Waals surface area (Å²) in [5.74, 6) is -1.30. The number of halogens is 2. The highest BCUT2D eigenvalue weighted by molar-refractivity contribution is 5.82. The number of amides is 1. The molecule has 5 nitrogen and oxygen atoms in total. The first-order valence-electron chi connectivity index (χ1n) is 9.90. The molecule has 1 aliphatic heterocycles. The molecular formula is C23H22F2N2O3. The molecule has 0 aliphatic carbocycles. The maximum atomic E-state index is 13.3. The van der Waals surface area contributed by atoms with Crippen LogP contribution in [0.25, 0.3) is 10.8 Å².